The Kier molecular flexibility index (Phi) is 5.00. The summed E-state index contributed by atoms with van der Waals surface area (Å²) in [4.78, 5) is 13.2. The molecule has 0 radical (unpaired) electrons. The van der Waals surface area contributed by atoms with Crippen LogP contribution in [0.5, 0.6) is 0 Å². The van der Waals surface area contributed by atoms with E-state index in [0.717, 1.165) is 33.8 Å². The monoisotopic (exact) mass is 381 g/mol. The molecule has 0 aliphatic rings. The van der Waals surface area contributed by atoms with E-state index in [2.05, 4.69) is 12.2 Å². The zero-order chi connectivity index (χ0) is 20.4. The molecule has 4 rings (SSSR count). The highest BCUT2D eigenvalue weighted by atomic mass is 16.2. The molecule has 0 bridgehead atoms. The van der Waals surface area contributed by atoms with Gasteiger partial charge in [-0.1, -0.05) is 48.5 Å². The highest BCUT2D eigenvalue weighted by Crippen LogP contribution is 2.23. The molecule has 0 saturated heterocycles. The Balaban J connectivity index is 1.76. The van der Waals surface area contributed by atoms with E-state index in [0.29, 0.717) is 5.69 Å². The standard InChI is InChI=1S/C25H23N3O/c1-17-8-7-11-22(14-17)28-24(16-23(27-28)20-9-5-4-6-10-20)25(29)26-21-13-12-18(2)19(3)15-21/h4-16H,1-3H3,(H,26,29). The van der Waals surface area contributed by atoms with Crippen molar-refractivity contribution >= 4 is 11.6 Å². The summed E-state index contributed by atoms with van der Waals surface area (Å²) in [5, 5.41) is 7.76. The van der Waals surface area contributed by atoms with Crippen molar-refractivity contribution in [2.45, 2.75) is 20.8 Å². The molecule has 4 heteroatoms. The van der Waals surface area contributed by atoms with Crippen LogP contribution in [0.25, 0.3) is 16.9 Å². The van der Waals surface area contributed by atoms with Gasteiger partial charge in [-0.2, -0.15) is 5.10 Å². The second-order valence-corrected chi connectivity index (χ2v) is 7.28. The van der Waals surface area contributed by atoms with E-state index in [4.69, 9.17) is 5.10 Å². The zero-order valence-electron chi connectivity index (χ0n) is 16.8. The van der Waals surface area contributed by atoms with Crippen LogP contribution in [-0.4, -0.2) is 15.7 Å². The maximum atomic E-state index is 13.2. The number of aromatic nitrogens is 2. The van der Waals surface area contributed by atoms with E-state index in [-0.39, 0.29) is 5.91 Å². The second kappa shape index (κ2) is 7.76. The highest BCUT2D eigenvalue weighted by Gasteiger charge is 2.18. The Morgan fingerprint density at radius 2 is 1.62 bits per heavy atom. The summed E-state index contributed by atoms with van der Waals surface area (Å²) >= 11 is 0. The van der Waals surface area contributed by atoms with Crippen molar-refractivity contribution in [3.63, 3.8) is 0 Å². The van der Waals surface area contributed by atoms with Crippen LogP contribution < -0.4 is 5.32 Å². The number of amides is 1. The van der Waals surface area contributed by atoms with Crippen LogP contribution in [0, 0.1) is 20.8 Å². The normalized spacial score (nSPS) is 10.7. The minimum atomic E-state index is -0.190. The van der Waals surface area contributed by atoms with Gasteiger partial charge in [0.25, 0.3) is 5.91 Å². The average molecular weight is 381 g/mol. The average Bonchev–Trinajstić information content (AvgIpc) is 3.17. The predicted octanol–water partition coefficient (Wildman–Crippen LogP) is 5.72. The van der Waals surface area contributed by atoms with Gasteiger partial charge in [0.2, 0.25) is 0 Å². The van der Waals surface area contributed by atoms with Gasteiger partial charge in [-0.05, 0) is 67.8 Å². The highest BCUT2D eigenvalue weighted by molar-refractivity contribution is 6.04. The van der Waals surface area contributed by atoms with E-state index < -0.39 is 0 Å². The number of nitrogens with one attached hydrogen (secondary N) is 1. The third-order valence-corrected chi connectivity index (χ3v) is 5.02. The van der Waals surface area contributed by atoms with Crippen molar-refractivity contribution in [3.8, 4) is 16.9 Å². The molecule has 1 heterocycles. The summed E-state index contributed by atoms with van der Waals surface area (Å²) in [6.07, 6.45) is 0. The molecule has 1 aromatic heterocycles. The fourth-order valence-corrected chi connectivity index (χ4v) is 3.26. The number of carbonyl (C=O) groups is 1. The SMILES string of the molecule is Cc1cccc(-n2nc(-c3ccccc3)cc2C(=O)Nc2ccc(C)c(C)c2)c1. The Bertz CT molecular complexity index is 1180. The molecule has 1 amide bonds. The maximum Gasteiger partial charge on any atom is 0.274 e. The van der Waals surface area contributed by atoms with Crippen molar-refractivity contribution in [2.24, 2.45) is 0 Å². The molecule has 0 atom stereocenters. The molecule has 4 aromatic rings. The van der Waals surface area contributed by atoms with Crippen molar-refractivity contribution in [1.29, 1.82) is 0 Å². The van der Waals surface area contributed by atoms with Gasteiger partial charge in [0.05, 0.1) is 11.4 Å². The van der Waals surface area contributed by atoms with Crippen LogP contribution in [0.15, 0.2) is 78.9 Å². The summed E-state index contributed by atoms with van der Waals surface area (Å²) in [6, 6.07) is 25.6. The second-order valence-electron chi connectivity index (χ2n) is 7.28. The number of aryl methyl sites for hydroxylation is 3. The van der Waals surface area contributed by atoms with Crippen LogP contribution in [-0.2, 0) is 0 Å². The predicted molar refractivity (Wildman–Crippen MR) is 118 cm³/mol. The number of hydrogen-bond acceptors (Lipinski definition) is 2. The first-order valence-corrected chi connectivity index (χ1v) is 9.62. The number of rotatable bonds is 4. The lowest BCUT2D eigenvalue weighted by Gasteiger charge is -2.10. The molecule has 0 spiro atoms. The molecule has 0 saturated carbocycles. The van der Waals surface area contributed by atoms with E-state index in [1.807, 2.05) is 92.7 Å². The van der Waals surface area contributed by atoms with Gasteiger partial charge in [0, 0.05) is 11.3 Å². The topological polar surface area (TPSA) is 46.9 Å². The Morgan fingerprint density at radius 1 is 0.828 bits per heavy atom. The number of carbonyl (C=O) groups excluding carboxylic acids is 1. The lowest BCUT2D eigenvalue weighted by molar-refractivity contribution is 0.101. The quantitative estimate of drug-likeness (QED) is 0.492. The number of hydrogen-bond donors (Lipinski definition) is 1. The smallest absolute Gasteiger partial charge is 0.274 e. The summed E-state index contributed by atoms with van der Waals surface area (Å²) in [7, 11) is 0. The molecule has 144 valence electrons. The van der Waals surface area contributed by atoms with Crippen molar-refractivity contribution in [2.75, 3.05) is 5.32 Å². The lowest BCUT2D eigenvalue weighted by atomic mass is 10.1. The van der Waals surface area contributed by atoms with Gasteiger partial charge in [0.15, 0.2) is 0 Å². The Labute approximate surface area is 170 Å². The number of anilines is 1. The molecular weight excluding hydrogens is 358 g/mol. The Hall–Kier alpha value is -3.66. The number of nitrogens with zero attached hydrogens (tertiary/aromatic N) is 2. The van der Waals surface area contributed by atoms with Gasteiger partial charge in [-0.3, -0.25) is 4.79 Å². The molecular formula is C25H23N3O. The summed E-state index contributed by atoms with van der Waals surface area (Å²) < 4.78 is 1.71. The maximum absolute atomic E-state index is 13.2. The van der Waals surface area contributed by atoms with Crippen LogP contribution in [0.2, 0.25) is 0 Å². The van der Waals surface area contributed by atoms with Crippen LogP contribution in [0.4, 0.5) is 5.69 Å². The van der Waals surface area contributed by atoms with Crippen LogP contribution in [0.3, 0.4) is 0 Å². The third kappa shape index (κ3) is 3.97. The molecule has 29 heavy (non-hydrogen) atoms. The lowest BCUT2D eigenvalue weighted by Crippen LogP contribution is -2.17. The summed E-state index contributed by atoms with van der Waals surface area (Å²) in [5.41, 5.74) is 7.30. The minimum absolute atomic E-state index is 0.190. The van der Waals surface area contributed by atoms with E-state index >= 15 is 0 Å². The van der Waals surface area contributed by atoms with Gasteiger partial charge >= 0.3 is 0 Å². The minimum Gasteiger partial charge on any atom is -0.321 e. The van der Waals surface area contributed by atoms with Crippen molar-refractivity contribution in [1.82, 2.24) is 9.78 Å². The first-order chi connectivity index (χ1) is 14.0. The largest absolute Gasteiger partial charge is 0.321 e. The summed E-state index contributed by atoms with van der Waals surface area (Å²) in [5.74, 6) is -0.190. The van der Waals surface area contributed by atoms with E-state index in [1.54, 1.807) is 4.68 Å². The molecule has 0 aliphatic carbocycles. The van der Waals surface area contributed by atoms with Crippen LogP contribution in [0.1, 0.15) is 27.2 Å². The Morgan fingerprint density at radius 3 is 2.34 bits per heavy atom. The van der Waals surface area contributed by atoms with Gasteiger partial charge in [0.1, 0.15) is 5.69 Å². The fourth-order valence-electron chi connectivity index (χ4n) is 3.26. The van der Waals surface area contributed by atoms with Crippen molar-refractivity contribution < 1.29 is 4.79 Å². The van der Waals surface area contributed by atoms with Gasteiger partial charge in [-0.25, -0.2) is 4.68 Å². The van der Waals surface area contributed by atoms with E-state index in [9.17, 15) is 4.79 Å². The summed E-state index contributed by atoms with van der Waals surface area (Å²) in [6.45, 7) is 6.12. The third-order valence-electron chi connectivity index (χ3n) is 5.02. The van der Waals surface area contributed by atoms with Crippen molar-refractivity contribution in [3.05, 3.63) is 101 Å². The zero-order valence-corrected chi connectivity index (χ0v) is 16.8. The first-order valence-electron chi connectivity index (χ1n) is 9.62. The molecule has 0 unspecified atom stereocenters. The molecule has 4 nitrogen and oxygen atoms in total. The van der Waals surface area contributed by atoms with E-state index in [1.165, 1.54) is 5.56 Å². The molecule has 0 fully saturated rings. The molecule has 3 aromatic carbocycles. The van der Waals surface area contributed by atoms with Gasteiger partial charge in [-0.15, -0.1) is 0 Å². The first kappa shape index (κ1) is 18.7. The molecule has 1 N–H and O–H groups in total. The van der Waals surface area contributed by atoms with Gasteiger partial charge < -0.3 is 5.32 Å². The van der Waals surface area contributed by atoms with Crippen LogP contribution >= 0.6 is 0 Å². The number of benzene rings is 3. The fraction of sp³-hybridized carbons (Fsp3) is 0.120. The molecule has 0 aliphatic heterocycles.